The van der Waals surface area contributed by atoms with Crippen LogP contribution >= 0.6 is 0 Å². The van der Waals surface area contributed by atoms with Crippen molar-refractivity contribution in [3.05, 3.63) is 357 Å². The van der Waals surface area contributed by atoms with Gasteiger partial charge in [-0.15, -0.1) is 0 Å². The van der Waals surface area contributed by atoms with E-state index in [1.54, 1.807) is 0 Å². The van der Waals surface area contributed by atoms with Gasteiger partial charge in [0.15, 0.2) is 0 Å². The highest BCUT2D eigenvalue weighted by Gasteiger charge is 2.46. The minimum atomic E-state index is -0.224. The number of aryl methyl sites for hydroxylation is 1. The minimum Gasteiger partial charge on any atom is -0.310 e. The van der Waals surface area contributed by atoms with Crippen LogP contribution in [0.25, 0.3) is 122 Å². The molecule has 0 saturated carbocycles. The maximum Gasteiger partial charge on any atom is 0.252 e. The highest BCUT2D eigenvalue weighted by Crippen LogP contribution is 2.55. The fourth-order valence-electron chi connectivity index (χ4n) is 17.0. The minimum absolute atomic E-state index is 0.224. The zero-order valence-electron chi connectivity index (χ0n) is 57.1. The Morgan fingerprint density at radius 1 is 0.255 bits per heavy atom. The molecule has 0 bridgehead atoms. The highest BCUT2D eigenvalue weighted by atomic mass is 15.2. The molecule has 0 spiro atoms. The van der Waals surface area contributed by atoms with E-state index in [-0.39, 0.29) is 6.71 Å². The Bertz CT molecular complexity index is 5430. The first-order valence-electron chi connectivity index (χ1n) is 36.3. The van der Waals surface area contributed by atoms with Crippen LogP contribution in [-0.2, 0) is 6.42 Å². The van der Waals surface area contributed by atoms with Gasteiger partial charge in [-0.3, -0.25) is 0 Å². The average Bonchev–Trinajstić information content (AvgIpc) is 0.731. The standard InChI is InChI=1S/C97H73BN4/c1-2-3-4-5-12-33-66-58-93-95-94(59-66)102(97-83(71-42-21-10-22-43-71)62-74(68-36-15-7-16-37-68)63-84(97)72-44-23-11-24-45-72)92-65-76(100-89-52-31-27-48-79(89)80-49-28-32-53-90(80)100)55-57-86(92)98(95)85-56-54-75(99-87-50-29-25-46-77(87)78-47-26-30-51-88(78)99)64-91(85)101(93)96-81(69-38-17-8-18-39-69)60-73(67-34-13-6-14-35-67)61-82(96)70-40-19-9-20-41-70/h6-11,13-32,34-65H,2-5,12,33H2,1H3. The summed E-state index contributed by atoms with van der Waals surface area (Å²) in [7, 11) is 0. The van der Waals surface area contributed by atoms with E-state index in [0.29, 0.717) is 0 Å². The molecule has 484 valence electrons. The number of aromatic nitrogens is 2. The topological polar surface area (TPSA) is 16.3 Å². The molecule has 0 radical (unpaired) electrons. The smallest absolute Gasteiger partial charge is 0.252 e. The molecule has 17 aromatic rings. The average molecular weight is 1310 g/mol. The Morgan fingerprint density at radius 2 is 0.559 bits per heavy atom. The van der Waals surface area contributed by atoms with E-state index in [1.165, 1.54) is 107 Å². The summed E-state index contributed by atoms with van der Waals surface area (Å²) >= 11 is 0. The number of anilines is 6. The molecule has 5 heteroatoms. The summed E-state index contributed by atoms with van der Waals surface area (Å²) in [6.07, 6.45) is 6.75. The molecule has 0 atom stereocenters. The zero-order valence-corrected chi connectivity index (χ0v) is 57.1. The summed E-state index contributed by atoms with van der Waals surface area (Å²) in [6.45, 7) is 2.10. The van der Waals surface area contributed by atoms with Crippen molar-refractivity contribution in [2.75, 3.05) is 9.80 Å². The fraction of sp³-hybridized carbons (Fsp3) is 0.0722. The molecule has 0 fully saturated rings. The first-order valence-corrected chi connectivity index (χ1v) is 36.3. The Morgan fingerprint density at radius 3 is 0.892 bits per heavy atom. The van der Waals surface area contributed by atoms with Gasteiger partial charge in [0.05, 0.1) is 33.4 Å². The van der Waals surface area contributed by atoms with Crippen LogP contribution < -0.4 is 26.2 Å². The van der Waals surface area contributed by atoms with Crippen molar-refractivity contribution in [2.45, 2.75) is 45.4 Å². The molecule has 0 aliphatic carbocycles. The first-order chi connectivity index (χ1) is 50.6. The van der Waals surface area contributed by atoms with Crippen LogP contribution in [0.1, 0.15) is 44.6 Å². The van der Waals surface area contributed by atoms with Crippen molar-refractivity contribution in [2.24, 2.45) is 0 Å². The second-order valence-electron chi connectivity index (χ2n) is 27.6. The summed E-state index contributed by atoms with van der Waals surface area (Å²) in [4.78, 5) is 5.48. The van der Waals surface area contributed by atoms with Crippen LogP contribution in [0.3, 0.4) is 0 Å². The number of rotatable bonds is 16. The van der Waals surface area contributed by atoms with Crippen molar-refractivity contribution in [1.29, 1.82) is 0 Å². The van der Waals surface area contributed by atoms with Gasteiger partial charge in [-0.2, -0.15) is 0 Å². The molecule has 0 amide bonds. The number of benzene rings is 15. The molecule has 0 unspecified atom stereocenters. The molecule has 0 N–H and O–H groups in total. The predicted molar refractivity (Wildman–Crippen MR) is 434 cm³/mol. The van der Waals surface area contributed by atoms with Crippen molar-refractivity contribution in [3.63, 3.8) is 0 Å². The number of hydrogen-bond acceptors (Lipinski definition) is 2. The van der Waals surface area contributed by atoms with Crippen LogP contribution in [0.4, 0.5) is 34.1 Å². The maximum absolute atomic E-state index is 2.74. The number of nitrogens with zero attached hydrogens (tertiary/aromatic N) is 4. The van der Waals surface area contributed by atoms with E-state index in [1.807, 2.05) is 0 Å². The third kappa shape index (κ3) is 10.3. The second kappa shape index (κ2) is 25.7. The van der Waals surface area contributed by atoms with Crippen molar-refractivity contribution >= 4 is 101 Å². The Hall–Kier alpha value is -12.4. The number of hydrogen-bond donors (Lipinski definition) is 0. The lowest BCUT2D eigenvalue weighted by Gasteiger charge is -2.46. The Kier molecular flexibility index (Phi) is 15.3. The van der Waals surface area contributed by atoms with Crippen LogP contribution in [-0.4, -0.2) is 15.8 Å². The summed E-state index contributed by atoms with van der Waals surface area (Å²) in [5.74, 6) is 0. The fourth-order valence-corrected chi connectivity index (χ4v) is 17.0. The largest absolute Gasteiger partial charge is 0.310 e. The van der Waals surface area contributed by atoms with Gasteiger partial charge in [-0.1, -0.05) is 300 Å². The molecule has 2 aliphatic rings. The lowest BCUT2D eigenvalue weighted by molar-refractivity contribution is 0.632. The van der Waals surface area contributed by atoms with E-state index < -0.39 is 0 Å². The molecular formula is C97H73BN4. The summed E-state index contributed by atoms with van der Waals surface area (Å²) in [5, 5.41) is 4.93. The summed E-state index contributed by atoms with van der Waals surface area (Å²) < 4.78 is 5.02. The molecule has 4 nitrogen and oxygen atoms in total. The first kappa shape index (κ1) is 60.7. The molecule has 15 aromatic carbocycles. The van der Waals surface area contributed by atoms with E-state index in [0.717, 1.165) is 109 Å². The molecule has 4 heterocycles. The van der Waals surface area contributed by atoms with Gasteiger partial charge in [-0.05, 0) is 164 Å². The monoisotopic (exact) mass is 1300 g/mol. The zero-order chi connectivity index (χ0) is 67.6. The molecule has 102 heavy (non-hydrogen) atoms. The Labute approximate surface area is 597 Å². The van der Waals surface area contributed by atoms with Gasteiger partial charge in [0.1, 0.15) is 0 Å². The van der Waals surface area contributed by atoms with E-state index in [2.05, 4.69) is 378 Å². The normalized spacial score (nSPS) is 12.3. The van der Waals surface area contributed by atoms with Crippen molar-refractivity contribution in [3.8, 4) is 78.1 Å². The van der Waals surface area contributed by atoms with Crippen molar-refractivity contribution in [1.82, 2.24) is 9.13 Å². The van der Waals surface area contributed by atoms with Crippen LogP contribution in [0.2, 0.25) is 0 Å². The SMILES string of the molecule is CCCCCCCc1cc2c3c(c1)N(c1c(-c4ccccc4)cc(-c4ccccc4)cc1-c1ccccc1)c1cc(-n4c5ccccc5c5ccccc54)ccc1B3c1ccc(-n3c4ccccc4c4ccccc43)cc1N2c1c(-c2ccccc2)cc(-c2ccccc2)cc1-c1ccccc1. The van der Waals surface area contributed by atoms with Gasteiger partial charge in [0.25, 0.3) is 6.71 Å². The van der Waals surface area contributed by atoms with E-state index in [9.17, 15) is 0 Å². The lowest BCUT2D eigenvalue weighted by Crippen LogP contribution is -2.61. The van der Waals surface area contributed by atoms with Crippen LogP contribution in [0.5, 0.6) is 0 Å². The van der Waals surface area contributed by atoms with Gasteiger partial charge >= 0.3 is 0 Å². The van der Waals surface area contributed by atoms with Crippen molar-refractivity contribution < 1.29 is 0 Å². The number of para-hydroxylation sites is 4. The van der Waals surface area contributed by atoms with Gasteiger partial charge < -0.3 is 18.9 Å². The molecule has 0 saturated heterocycles. The Balaban J connectivity index is 0.989. The summed E-state index contributed by atoms with van der Waals surface area (Å²) in [6, 6.07) is 133. The van der Waals surface area contributed by atoms with E-state index >= 15 is 0 Å². The van der Waals surface area contributed by atoms with Crippen LogP contribution in [0, 0.1) is 0 Å². The number of unbranched alkanes of at least 4 members (excludes halogenated alkanes) is 4. The molecule has 2 aromatic heterocycles. The lowest BCUT2D eigenvalue weighted by atomic mass is 9.33. The van der Waals surface area contributed by atoms with Gasteiger partial charge in [-0.25, -0.2) is 0 Å². The van der Waals surface area contributed by atoms with E-state index in [4.69, 9.17) is 0 Å². The quantitative estimate of drug-likeness (QED) is 0.0708. The third-order valence-corrected chi connectivity index (χ3v) is 21.6. The van der Waals surface area contributed by atoms with Gasteiger partial charge in [0.2, 0.25) is 0 Å². The third-order valence-electron chi connectivity index (χ3n) is 21.6. The van der Waals surface area contributed by atoms with Crippen LogP contribution in [0.15, 0.2) is 352 Å². The molecule has 2 aliphatic heterocycles. The molecular weight excluding hydrogens is 1230 g/mol. The predicted octanol–water partition coefficient (Wildman–Crippen LogP) is 24.5. The maximum atomic E-state index is 2.74. The van der Waals surface area contributed by atoms with Gasteiger partial charge in [0, 0.05) is 77.9 Å². The molecule has 19 rings (SSSR count). The highest BCUT2D eigenvalue weighted by molar-refractivity contribution is 7.00. The second-order valence-corrected chi connectivity index (χ2v) is 27.6. The summed E-state index contributed by atoms with van der Waals surface area (Å²) in [5.41, 5.74) is 32.7. The number of fused-ring (bicyclic) bond motifs is 10.